The Morgan fingerprint density at radius 2 is 2.00 bits per heavy atom. The molecule has 3 heterocycles. The lowest BCUT2D eigenvalue weighted by Crippen LogP contribution is -2.11. The maximum absolute atomic E-state index is 12.7. The molecule has 0 aliphatic heterocycles. The van der Waals surface area contributed by atoms with Crippen molar-refractivity contribution in [3.05, 3.63) is 59.4 Å². The fourth-order valence-electron chi connectivity index (χ4n) is 3.52. The number of aromatic nitrogens is 5. The molecule has 0 aliphatic carbocycles. The average molecular weight is 420 g/mol. The maximum Gasteiger partial charge on any atom is 0.294 e. The molecule has 0 saturated heterocycles. The van der Waals surface area contributed by atoms with Gasteiger partial charge in [0.1, 0.15) is 17.1 Å². The van der Waals surface area contributed by atoms with Crippen molar-refractivity contribution in [2.45, 2.75) is 34.2 Å². The van der Waals surface area contributed by atoms with Crippen LogP contribution in [0.15, 0.2) is 41.1 Å². The molecule has 0 fully saturated rings. The molecule has 3 aromatic heterocycles. The molecule has 0 spiro atoms. The summed E-state index contributed by atoms with van der Waals surface area (Å²) in [6, 6.07) is 8.99. The molecule has 160 valence electrons. The molecule has 0 atom stereocenters. The van der Waals surface area contributed by atoms with Gasteiger partial charge in [-0.05, 0) is 45.9 Å². The quantitative estimate of drug-likeness (QED) is 0.507. The maximum atomic E-state index is 12.7. The Hall–Kier alpha value is -3.88. The zero-order chi connectivity index (χ0) is 22.1. The summed E-state index contributed by atoms with van der Waals surface area (Å²) in [5.74, 6) is 0.297. The topological polar surface area (TPSA) is 100 Å². The Kier molecular flexibility index (Phi) is 5.33. The Morgan fingerprint density at radius 3 is 2.65 bits per heavy atom. The van der Waals surface area contributed by atoms with Crippen LogP contribution in [0.25, 0.3) is 16.9 Å². The summed E-state index contributed by atoms with van der Waals surface area (Å²) in [4.78, 5) is 12.7. The second-order valence-corrected chi connectivity index (χ2v) is 7.22. The van der Waals surface area contributed by atoms with Gasteiger partial charge in [-0.15, -0.1) is 0 Å². The number of hydrogen-bond acceptors (Lipinski definition) is 6. The van der Waals surface area contributed by atoms with E-state index in [1.807, 2.05) is 44.5 Å². The second-order valence-electron chi connectivity index (χ2n) is 7.22. The van der Waals surface area contributed by atoms with Crippen molar-refractivity contribution in [2.24, 2.45) is 0 Å². The molecule has 1 amide bonds. The summed E-state index contributed by atoms with van der Waals surface area (Å²) in [6.07, 6.45) is 1.72. The van der Waals surface area contributed by atoms with Crippen LogP contribution in [0.2, 0.25) is 0 Å². The predicted octanol–water partition coefficient (Wildman–Crippen LogP) is 3.93. The van der Waals surface area contributed by atoms with Crippen LogP contribution in [0, 0.1) is 20.8 Å². The van der Waals surface area contributed by atoms with E-state index >= 15 is 0 Å². The predicted molar refractivity (Wildman–Crippen MR) is 116 cm³/mol. The highest BCUT2D eigenvalue weighted by molar-refractivity contribution is 6.03. The number of aryl methyl sites for hydroxylation is 3. The number of anilines is 1. The smallest absolute Gasteiger partial charge is 0.294 e. The Balaban J connectivity index is 1.56. The van der Waals surface area contributed by atoms with Crippen molar-refractivity contribution in [3.8, 4) is 22.7 Å². The van der Waals surface area contributed by atoms with Gasteiger partial charge in [0, 0.05) is 41.3 Å². The first kappa shape index (κ1) is 20.4. The highest BCUT2D eigenvalue weighted by atomic mass is 16.5. The van der Waals surface area contributed by atoms with Crippen molar-refractivity contribution in [2.75, 3.05) is 12.4 Å². The minimum Gasteiger partial charge on any atom is -0.494 e. The molecule has 9 heteroatoms. The van der Waals surface area contributed by atoms with Gasteiger partial charge in [-0.2, -0.15) is 10.2 Å². The van der Waals surface area contributed by atoms with Gasteiger partial charge in [-0.3, -0.25) is 9.48 Å². The molecular weight excluding hydrogens is 396 g/mol. The Morgan fingerprint density at radius 1 is 1.19 bits per heavy atom. The fourth-order valence-corrected chi connectivity index (χ4v) is 3.52. The van der Waals surface area contributed by atoms with Crippen LogP contribution >= 0.6 is 0 Å². The van der Waals surface area contributed by atoms with Crippen LogP contribution in [0.1, 0.15) is 34.6 Å². The van der Waals surface area contributed by atoms with Crippen LogP contribution < -0.4 is 10.1 Å². The van der Waals surface area contributed by atoms with E-state index in [1.165, 1.54) is 0 Å². The second kappa shape index (κ2) is 8.10. The van der Waals surface area contributed by atoms with Gasteiger partial charge in [0.25, 0.3) is 5.91 Å². The number of benzene rings is 1. The van der Waals surface area contributed by atoms with Gasteiger partial charge in [0.15, 0.2) is 0 Å². The van der Waals surface area contributed by atoms with Gasteiger partial charge >= 0.3 is 0 Å². The lowest BCUT2D eigenvalue weighted by atomic mass is 10.2. The molecule has 4 rings (SSSR count). The normalized spacial score (nSPS) is 11.0. The van der Waals surface area contributed by atoms with E-state index < -0.39 is 5.91 Å². The molecule has 4 aromatic rings. The third-order valence-electron chi connectivity index (χ3n) is 5.09. The van der Waals surface area contributed by atoms with Crippen LogP contribution in [0.3, 0.4) is 0 Å². The van der Waals surface area contributed by atoms with E-state index in [0.717, 1.165) is 34.9 Å². The summed E-state index contributed by atoms with van der Waals surface area (Å²) in [6.45, 7) is 8.64. The summed E-state index contributed by atoms with van der Waals surface area (Å²) in [5, 5.41) is 15.7. The molecule has 0 radical (unpaired) electrons. The molecule has 31 heavy (non-hydrogen) atoms. The minimum atomic E-state index is -0.403. The summed E-state index contributed by atoms with van der Waals surface area (Å²) < 4.78 is 14.5. The number of ether oxygens (including phenoxy) is 1. The molecule has 0 bridgehead atoms. The van der Waals surface area contributed by atoms with Crippen molar-refractivity contribution in [3.63, 3.8) is 0 Å². The lowest BCUT2D eigenvalue weighted by molar-refractivity contribution is 0.0988. The number of hydrogen-bond donors (Lipinski definition) is 1. The average Bonchev–Trinajstić information content (AvgIpc) is 3.46. The van der Waals surface area contributed by atoms with Gasteiger partial charge in [0.2, 0.25) is 5.76 Å². The van der Waals surface area contributed by atoms with Crippen LogP contribution in [0.5, 0.6) is 5.75 Å². The van der Waals surface area contributed by atoms with Crippen LogP contribution in [0.4, 0.5) is 5.69 Å². The van der Waals surface area contributed by atoms with Gasteiger partial charge in [0.05, 0.1) is 19.0 Å². The van der Waals surface area contributed by atoms with E-state index in [2.05, 4.69) is 20.7 Å². The number of carbonyl (C=O) groups is 1. The molecule has 0 unspecified atom stereocenters. The monoisotopic (exact) mass is 420 g/mol. The van der Waals surface area contributed by atoms with E-state index in [-0.39, 0.29) is 5.76 Å². The zero-order valence-electron chi connectivity index (χ0n) is 18.1. The van der Waals surface area contributed by atoms with Gasteiger partial charge in [-0.1, -0.05) is 5.16 Å². The highest BCUT2D eigenvalue weighted by Crippen LogP contribution is 2.28. The Bertz CT molecular complexity index is 1250. The van der Waals surface area contributed by atoms with Crippen LogP contribution in [-0.2, 0) is 6.54 Å². The SMILES string of the molecule is CCn1ncc(-c2cc(C(=O)Nc3ccc(-n4nc(C)cc4C)c(OC)c3)on2)c1C. The van der Waals surface area contributed by atoms with Gasteiger partial charge < -0.3 is 14.6 Å². The van der Waals surface area contributed by atoms with E-state index in [9.17, 15) is 4.79 Å². The molecule has 1 N–H and O–H groups in total. The number of methoxy groups -OCH3 is 1. The minimum absolute atomic E-state index is 0.111. The molecular formula is C22H24N6O3. The summed E-state index contributed by atoms with van der Waals surface area (Å²) in [5.41, 5.74) is 5.63. The molecule has 1 aromatic carbocycles. The van der Waals surface area contributed by atoms with Crippen LogP contribution in [-0.4, -0.2) is 37.7 Å². The number of nitrogens with zero attached hydrogens (tertiary/aromatic N) is 5. The number of amides is 1. The number of rotatable bonds is 6. The van der Waals surface area contributed by atoms with Crippen molar-refractivity contribution in [1.82, 2.24) is 24.7 Å². The third kappa shape index (κ3) is 3.81. The molecule has 0 saturated carbocycles. The van der Waals surface area contributed by atoms with E-state index in [4.69, 9.17) is 9.26 Å². The van der Waals surface area contributed by atoms with E-state index in [0.29, 0.717) is 17.1 Å². The molecule has 9 nitrogen and oxygen atoms in total. The number of nitrogens with one attached hydrogen (secondary N) is 1. The standard InChI is InChI=1S/C22H24N6O3/c1-6-27-15(4)17(12-23-27)18-11-21(31-26-18)22(29)24-16-7-8-19(20(10-16)30-5)28-14(3)9-13(2)25-28/h7-12H,6H2,1-5H3,(H,24,29). The highest BCUT2D eigenvalue weighted by Gasteiger charge is 2.18. The fraction of sp³-hybridized carbons (Fsp3) is 0.273. The number of carbonyl (C=O) groups excluding carboxylic acids is 1. The third-order valence-corrected chi connectivity index (χ3v) is 5.09. The summed E-state index contributed by atoms with van der Waals surface area (Å²) >= 11 is 0. The van der Waals surface area contributed by atoms with Gasteiger partial charge in [-0.25, -0.2) is 4.68 Å². The first-order chi connectivity index (χ1) is 14.9. The first-order valence-corrected chi connectivity index (χ1v) is 9.93. The summed E-state index contributed by atoms with van der Waals surface area (Å²) in [7, 11) is 1.58. The van der Waals surface area contributed by atoms with Crippen molar-refractivity contribution < 1.29 is 14.1 Å². The molecule has 0 aliphatic rings. The zero-order valence-corrected chi connectivity index (χ0v) is 18.1. The van der Waals surface area contributed by atoms with Crippen molar-refractivity contribution >= 4 is 11.6 Å². The van der Waals surface area contributed by atoms with E-state index in [1.54, 1.807) is 36.2 Å². The first-order valence-electron chi connectivity index (χ1n) is 9.93. The Labute approximate surface area is 179 Å². The van der Waals surface area contributed by atoms with Crippen molar-refractivity contribution in [1.29, 1.82) is 0 Å². The lowest BCUT2D eigenvalue weighted by Gasteiger charge is -2.12. The largest absolute Gasteiger partial charge is 0.494 e.